The maximum absolute atomic E-state index is 11.9. The number of hydrogen-bond acceptors (Lipinski definition) is 2. The van der Waals surface area contributed by atoms with Crippen molar-refractivity contribution in [1.29, 1.82) is 0 Å². The number of nitrogens with one attached hydrogen (secondary N) is 1. The summed E-state index contributed by atoms with van der Waals surface area (Å²) in [6.07, 6.45) is 0.433. The summed E-state index contributed by atoms with van der Waals surface area (Å²) in [5.41, 5.74) is 9.12. The Morgan fingerprint density at radius 2 is 1.94 bits per heavy atom. The van der Waals surface area contributed by atoms with Crippen LogP contribution in [0.25, 0.3) is 0 Å². The number of benzene rings is 1. The zero-order chi connectivity index (χ0) is 13.7. The summed E-state index contributed by atoms with van der Waals surface area (Å²) in [6.45, 7) is 8.77. The molecular formula is C15H24N2O. The minimum atomic E-state index is 0.0612. The van der Waals surface area contributed by atoms with Crippen LogP contribution in [0.4, 0.5) is 0 Å². The summed E-state index contributed by atoms with van der Waals surface area (Å²) in [6, 6.07) is 6.27. The fraction of sp³-hybridized carbons (Fsp3) is 0.533. The molecule has 0 spiro atoms. The molecule has 100 valence electrons. The third-order valence-electron chi connectivity index (χ3n) is 3.55. The molecule has 0 saturated heterocycles. The molecule has 0 fully saturated rings. The van der Waals surface area contributed by atoms with Gasteiger partial charge in [-0.25, -0.2) is 0 Å². The first-order valence-electron chi connectivity index (χ1n) is 6.49. The van der Waals surface area contributed by atoms with Crippen molar-refractivity contribution < 1.29 is 4.79 Å². The van der Waals surface area contributed by atoms with Crippen LogP contribution in [-0.4, -0.2) is 18.5 Å². The lowest BCUT2D eigenvalue weighted by Crippen LogP contribution is -2.40. The quantitative estimate of drug-likeness (QED) is 0.836. The lowest BCUT2D eigenvalue weighted by molar-refractivity contribution is -0.121. The Labute approximate surface area is 110 Å². The van der Waals surface area contributed by atoms with Gasteiger partial charge < -0.3 is 11.1 Å². The molecule has 2 unspecified atom stereocenters. The lowest BCUT2D eigenvalue weighted by atomic mass is 10.0. The van der Waals surface area contributed by atoms with Gasteiger partial charge in [-0.15, -0.1) is 0 Å². The molecule has 0 aromatic heterocycles. The maximum atomic E-state index is 11.9. The second-order valence-electron chi connectivity index (χ2n) is 5.16. The van der Waals surface area contributed by atoms with Gasteiger partial charge in [-0.3, -0.25) is 4.79 Å². The largest absolute Gasteiger partial charge is 0.353 e. The molecule has 1 aromatic rings. The molecule has 3 N–H and O–H groups in total. The second-order valence-corrected chi connectivity index (χ2v) is 5.16. The molecule has 1 rings (SSSR count). The SMILES string of the molecule is Cc1ccc(CC(=O)NC(C)C(C)CN)cc1C. The molecule has 0 heterocycles. The van der Waals surface area contributed by atoms with Crippen molar-refractivity contribution in [2.45, 2.75) is 40.2 Å². The Morgan fingerprint density at radius 1 is 1.28 bits per heavy atom. The van der Waals surface area contributed by atoms with Crippen LogP contribution in [0.15, 0.2) is 18.2 Å². The van der Waals surface area contributed by atoms with Gasteiger partial charge >= 0.3 is 0 Å². The highest BCUT2D eigenvalue weighted by Crippen LogP contribution is 2.10. The number of carbonyl (C=O) groups is 1. The van der Waals surface area contributed by atoms with Crippen molar-refractivity contribution >= 4 is 5.91 Å². The Kier molecular flexibility index (Phi) is 5.35. The third-order valence-corrected chi connectivity index (χ3v) is 3.55. The van der Waals surface area contributed by atoms with Crippen LogP contribution in [0, 0.1) is 19.8 Å². The van der Waals surface area contributed by atoms with E-state index in [0.717, 1.165) is 5.56 Å². The number of amides is 1. The van der Waals surface area contributed by atoms with Crippen LogP contribution in [0.3, 0.4) is 0 Å². The van der Waals surface area contributed by atoms with Gasteiger partial charge in [0.2, 0.25) is 5.91 Å². The number of nitrogens with two attached hydrogens (primary N) is 1. The van der Waals surface area contributed by atoms with E-state index in [2.05, 4.69) is 31.3 Å². The first kappa shape index (κ1) is 14.7. The monoisotopic (exact) mass is 248 g/mol. The summed E-state index contributed by atoms with van der Waals surface area (Å²) in [7, 11) is 0. The van der Waals surface area contributed by atoms with Crippen molar-refractivity contribution in [3.63, 3.8) is 0 Å². The fourth-order valence-corrected chi connectivity index (χ4v) is 1.75. The summed E-state index contributed by atoms with van der Waals surface area (Å²) >= 11 is 0. The van der Waals surface area contributed by atoms with Gasteiger partial charge in [-0.2, -0.15) is 0 Å². The van der Waals surface area contributed by atoms with E-state index >= 15 is 0 Å². The number of rotatable bonds is 5. The minimum absolute atomic E-state index is 0.0612. The summed E-state index contributed by atoms with van der Waals surface area (Å²) < 4.78 is 0. The van der Waals surface area contributed by atoms with E-state index in [1.807, 2.05) is 19.9 Å². The number of hydrogen-bond donors (Lipinski definition) is 2. The molecule has 0 aliphatic heterocycles. The van der Waals surface area contributed by atoms with Gasteiger partial charge in [0.1, 0.15) is 0 Å². The highest BCUT2D eigenvalue weighted by molar-refractivity contribution is 5.78. The summed E-state index contributed by atoms with van der Waals surface area (Å²) in [5, 5.41) is 2.99. The Bertz CT molecular complexity index is 415. The Balaban J connectivity index is 2.57. The first-order chi connectivity index (χ1) is 8.43. The Hall–Kier alpha value is -1.35. The van der Waals surface area contributed by atoms with Gasteiger partial charge in [0.15, 0.2) is 0 Å². The van der Waals surface area contributed by atoms with Crippen LogP contribution in [-0.2, 0) is 11.2 Å². The zero-order valence-electron chi connectivity index (χ0n) is 11.8. The van der Waals surface area contributed by atoms with Gasteiger partial charge in [-0.05, 0) is 49.9 Å². The van der Waals surface area contributed by atoms with Crippen LogP contribution in [0.2, 0.25) is 0 Å². The van der Waals surface area contributed by atoms with E-state index in [-0.39, 0.29) is 11.9 Å². The van der Waals surface area contributed by atoms with Crippen LogP contribution < -0.4 is 11.1 Å². The smallest absolute Gasteiger partial charge is 0.224 e. The molecule has 3 heteroatoms. The lowest BCUT2D eigenvalue weighted by Gasteiger charge is -2.19. The summed E-state index contributed by atoms with van der Waals surface area (Å²) in [4.78, 5) is 11.9. The van der Waals surface area contributed by atoms with Gasteiger partial charge in [-0.1, -0.05) is 25.1 Å². The van der Waals surface area contributed by atoms with Crippen LogP contribution in [0.1, 0.15) is 30.5 Å². The van der Waals surface area contributed by atoms with Crippen LogP contribution >= 0.6 is 0 Å². The molecule has 0 radical (unpaired) electrons. The third kappa shape index (κ3) is 4.15. The normalized spacial score (nSPS) is 14.1. The average Bonchev–Trinajstić information content (AvgIpc) is 2.32. The van der Waals surface area contributed by atoms with Gasteiger partial charge in [0.25, 0.3) is 0 Å². The predicted octanol–water partition coefficient (Wildman–Crippen LogP) is 1.95. The van der Waals surface area contributed by atoms with Crippen molar-refractivity contribution in [2.75, 3.05) is 6.54 Å². The molecule has 0 bridgehead atoms. The number of carbonyl (C=O) groups excluding carboxylic acids is 1. The average molecular weight is 248 g/mol. The molecular weight excluding hydrogens is 224 g/mol. The molecule has 18 heavy (non-hydrogen) atoms. The van der Waals surface area contributed by atoms with E-state index in [9.17, 15) is 4.79 Å². The standard InChI is InChI=1S/C15H24N2O/c1-10-5-6-14(7-11(10)2)8-15(18)17-13(4)12(3)9-16/h5-7,12-13H,8-9,16H2,1-4H3,(H,17,18). The van der Waals surface area contributed by atoms with E-state index in [4.69, 9.17) is 5.73 Å². The number of aryl methyl sites for hydroxylation is 2. The van der Waals surface area contributed by atoms with Crippen molar-refractivity contribution in [3.05, 3.63) is 34.9 Å². The molecule has 3 nitrogen and oxygen atoms in total. The Morgan fingerprint density at radius 3 is 2.50 bits per heavy atom. The highest BCUT2D eigenvalue weighted by Gasteiger charge is 2.13. The minimum Gasteiger partial charge on any atom is -0.353 e. The fourth-order valence-electron chi connectivity index (χ4n) is 1.75. The highest BCUT2D eigenvalue weighted by atomic mass is 16.1. The van der Waals surface area contributed by atoms with Crippen LogP contribution in [0.5, 0.6) is 0 Å². The molecule has 1 amide bonds. The molecule has 0 aliphatic carbocycles. The van der Waals surface area contributed by atoms with Gasteiger partial charge in [0.05, 0.1) is 6.42 Å². The van der Waals surface area contributed by atoms with Crippen molar-refractivity contribution in [3.8, 4) is 0 Å². The van der Waals surface area contributed by atoms with E-state index in [1.165, 1.54) is 11.1 Å². The molecule has 2 atom stereocenters. The topological polar surface area (TPSA) is 55.1 Å². The first-order valence-corrected chi connectivity index (χ1v) is 6.49. The summed E-state index contributed by atoms with van der Waals surface area (Å²) in [5.74, 6) is 0.361. The van der Waals surface area contributed by atoms with Gasteiger partial charge in [0, 0.05) is 6.04 Å². The van der Waals surface area contributed by atoms with Crippen molar-refractivity contribution in [2.24, 2.45) is 11.7 Å². The predicted molar refractivity (Wildman–Crippen MR) is 75.4 cm³/mol. The zero-order valence-corrected chi connectivity index (χ0v) is 11.8. The maximum Gasteiger partial charge on any atom is 0.224 e. The van der Waals surface area contributed by atoms with Crippen molar-refractivity contribution in [1.82, 2.24) is 5.32 Å². The molecule has 1 aromatic carbocycles. The molecule has 0 saturated carbocycles. The molecule has 0 aliphatic rings. The van der Waals surface area contributed by atoms with E-state index in [0.29, 0.717) is 18.9 Å². The van der Waals surface area contributed by atoms with E-state index in [1.54, 1.807) is 0 Å². The van der Waals surface area contributed by atoms with E-state index < -0.39 is 0 Å². The second kappa shape index (κ2) is 6.55.